The van der Waals surface area contributed by atoms with E-state index in [-0.39, 0.29) is 5.57 Å². The minimum Gasteiger partial charge on any atom is -0.489 e. The number of carbonyl (C=O) groups excluding carboxylic acids is 1. The van der Waals surface area contributed by atoms with Gasteiger partial charge in [-0.1, -0.05) is 63.9 Å². The molecule has 0 saturated carbocycles. The Balaban J connectivity index is 1.67. The number of ether oxygens (including phenoxy) is 1. The van der Waals surface area contributed by atoms with Gasteiger partial charge in [0.25, 0.3) is 5.91 Å². The van der Waals surface area contributed by atoms with Gasteiger partial charge in [-0.05, 0) is 60.0 Å². The van der Waals surface area contributed by atoms with Crippen molar-refractivity contribution in [2.24, 2.45) is 0 Å². The van der Waals surface area contributed by atoms with Crippen molar-refractivity contribution >= 4 is 45.2 Å². The van der Waals surface area contributed by atoms with E-state index in [4.69, 9.17) is 16.3 Å². The molecule has 0 fully saturated rings. The van der Waals surface area contributed by atoms with Gasteiger partial charge in [0.05, 0.1) is 10.7 Å². The average molecular weight is 482 g/mol. The summed E-state index contributed by atoms with van der Waals surface area (Å²) in [7, 11) is 0. The molecule has 0 aromatic heterocycles. The molecule has 6 heteroatoms. The number of nitrogens with zero attached hydrogens (tertiary/aromatic N) is 1. The summed E-state index contributed by atoms with van der Waals surface area (Å²) in [5.41, 5.74) is 3.08. The number of nitriles is 1. The molecule has 0 aliphatic heterocycles. The molecule has 0 spiro atoms. The van der Waals surface area contributed by atoms with Gasteiger partial charge in [-0.3, -0.25) is 4.79 Å². The quantitative estimate of drug-likeness (QED) is 0.321. The zero-order valence-corrected chi connectivity index (χ0v) is 18.5. The van der Waals surface area contributed by atoms with E-state index in [1.807, 2.05) is 43.3 Å². The number of aryl methyl sites for hydroxylation is 1. The second-order valence-corrected chi connectivity index (χ2v) is 7.86. The van der Waals surface area contributed by atoms with Gasteiger partial charge in [-0.15, -0.1) is 0 Å². The van der Waals surface area contributed by atoms with Crippen molar-refractivity contribution < 1.29 is 9.53 Å². The number of anilines is 1. The minimum absolute atomic E-state index is 0.0159. The molecule has 0 aliphatic carbocycles. The predicted molar refractivity (Wildman–Crippen MR) is 123 cm³/mol. The first-order valence-corrected chi connectivity index (χ1v) is 10.3. The summed E-state index contributed by atoms with van der Waals surface area (Å²) in [5, 5.41) is 12.6. The van der Waals surface area contributed by atoms with E-state index < -0.39 is 5.91 Å². The number of rotatable bonds is 6. The number of carbonyl (C=O) groups is 1. The first-order chi connectivity index (χ1) is 14.5. The Labute approximate surface area is 188 Å². The number of para-hydroxylation sites is 1. The van der Waals surface area contributed by atoms with E-state index >= 15 is 0 Å². The van der Waals surface area contributed by atoms with Gasteiger partial charge in [0, 0.05) is 4.47 Å². The number of nitrogens with one attached hydrogen (secondary N) is 1. The van der Waals surface area contributed by atoms with E-state index in [1.54, 1.807) is 36.4 Å². The van der Waals surface area contributed by atoms with Crippen LogP contribution in [0.3, 0.4) is 0 Å². The van der Waals surface area contributed by atoms with Gasteiger partial charge in [0.15, 0.2) is 0 Å². The van der Waals surface area contributed by atoms with Crippen molar-refractivity contribution in [3.05, 3.63) is 98.5 Å². The van der Waals surface area contributed by atoms with E-state index in [0.29, 0.717) is 28.6 Å². The van der Waals surface area contributed by atoms with Crippen LogP contribution in [0.2, 0.25) is 5.02 Å². The molecule has 150 valence electrons. The number of hydrogen-bond donors (Lipinski definition) is 1. The van der Waals surface area contributed by atoms with Crippen LogP contribution >= 0.6 is 27.5 Å². The van der Waals surface area contributed by atoms with Crippen LogP contribution in [0.15, 0.2) is 76.8 Å². The molecule has 1 N–H and O–H groups in total. The van der Waals surface area contributed by atoms with Crippen molar-refractivity contribution in [2.45, 2.75) is 13.5 Å². The van der Waals surface area contributed by atoms with Gasteiger partial charge in [-0.25, -0.2) is 0 Å². The first-order valence-electron chi connectivity index (χ1n) is 9.12. The summed E-state index contributed by atoms with van der Waals surface area (Å²) in [6, 6.07) is 22.4. The van der Waals surface area contributed by atoms with Crippen LogP contribution in [0.25, 0.3) is 6.08 Å². The second-order valence-electron chi connectivity index (χ2n) is 6.54. The van der Waals surface area contributed by atoms with Crippen LogP contribution in [0.1, 0.15) is 16.7 Å². The third kappa shape index (κ3) is 5.73. The SMILES string of the molecule is Cc1cccc(Cl)c1NC(=O)/C(C#N)=C/c1ccc(OCc2ccc(Br)cc2)cc1. The van der Waals surface area contributed by atoms with Crippen LogP contribution in [0.5, 0.6) is 5.75 Å². The van der Waals surface area contributed by atoms with Crippen molar-refractivity contribution in [2.75, 3.05) is 5.32 Å². The Hall–Kier alpha value is -3.07. The Morgan fingerprint density at radius 3 is 2.47 bits per heavy atom. The van der Waals surface area contributed by atoms with E-state index in [1.165, 1.54) is 6.08 Å². The Bertz CT molecular complexity index is 1100. The predicted octanol–water partition coefficient (Wildman–Crippen LogP) is 6.54. The largest absolute Gasteiger partial charge is 0.489 e. The van der Waals surface area contributed by atoms with Crippen LogP contribution < -0.4 is 10.1 Å². The second kappa shape index (κ2) is 10.1. The third-order valence-corrected chi connectivity index (χ3v) is 5.18. The Morgan fingerprint density at radius 1 is 1.13 bits per heavy atom. The smallest absolute Gasteiger partial charge is 0.266 e. The van der Waals surface area contributed by atoms with Crippen molar-refractivity contribution in [3.8, 4) is 11.8 Å². The highest BCUT2D eigenvalue weighted by molar-refractivity contribution is 9.10. The molecular weight excluding hydrogens is 464 g/mol. The van der Waals surface area contributed by atoms with Crippen molar-refractivity contribution in [1.29, 1.82) is 5.26 Å². The third-order valence-electron chi connectivity index (χ3n) is 4.34. The highest BCUT2D eigenvalue weighted by atomic mass is 79.9. The van der Waals surface area contributed by atoms with Crippen LogP contribution in [0, 0.1) is 18.3 Å². The molecule has 3 aromatic rings. The Morgan fingerprint density at radius 2 is 1.83 bits per heavy atom. The van der Waals surface area contributed by atoms with Crippen molar-refractivity contribution in [3.63, 3.8) is 0 Å². The maximum absolute atomic E-state index is 12.5. The van der Waals surface area contributed by atoms with Crippen LogP contribution in [-0.2, 0) is 11.4 Å². The van der Waals surface area contributed by atoms with Crippen molar-refractivity contribution in [1.82, 2.24) is 0 Å². The van der Waals surface area contributed by atoms with Crippen LogP contribution in [0.4, 0.5) is 5.69 Å². The summed E-state index contributed by atoms with van der Waals surface area (Å²) in [5.74, 6) is 0.189. The number of halogens is 2. The monoisotopic (exact) mass is 480 g/mol. The zero-order chi connectivity index (χ0) is 21.5. The fourth-order valence-corrected chi connectivity index (χ4v) is 3.23. The standard InChI is InChI=1S/C24H18BrClN2O2/c1-16-3-2-4-22(26)23(16)28-24(29)19(14-27)13-17-7-11-21(12-8-17)30-15-18-5-9-20(25)10-6-18/h2-13H,15H2,1H3,(H,28,29)/b19-13+. The van der Waals surface area contributed by atoms with Crippen LogP contribution in [-0.4, -0.2) is 5.91 Å². The molecule has 0 unspecified atom stereocenters. The number of benzene rings is 3. The lowest BCUT2D eigenvalue weighted by molar-refractivity contribution is -0.112. The topological polar surface area (TPSA) is 62.1 Å². The average Bonchev–Trinajstić information content (AvgIpc) is 2.75. The molecule has 3 rings (SSSR count). The molecule has 3 aromatic carbocycles. The lowest BCUT2D eigenvalue weighted by Gasteiger charge is -2.10. The van der Waals surface area contributed by atoms with E-state index in [0.717, 1.165) is 15.6 Å². The van der Waals surface area contributed by atoms with Gasteiger partial charge in [-0.2, -0.15) is 5.26 Å². The summed E-state index contributed by atoms with van der Waals surface area (Å²) in [6.45, 7) is 2.29. The molecule has 1 amide bonds. The van der Waals surface area contributed by atoms with Gasteiger partial charge >= 0.3 is 0 Å². The summed E-state index contributed by atoms with van der Waals surface area (Å²) >= 11 is 9.55. The highest BCUT2D eigenvalue weighted by Crippen LogP contribution is 2.26. The number of hydrogen-bond acceptors (Lipinski definition) is 3. The number of amides is 1. The lowest BCUT2D eigenvalue weighted by Crippen LogP contribution is -2.14. The maximum Gasteiger partial charge on any atom is 0.266 e. The Kier molecular flexibility index (Phi) is 7.29. The van der Waals surface area contributed by atoms with Gasteiger partial charge in [0.2, 0.25) is 0 Å². The fourth-order valence-electron chi connectivity index (χ4n) is 2.69. The van der Waals surface area contributed by atoms with E-state index in [2.05, 4.69) is 21.2 Å². The first kappa shape index (κ1) is 21.6. The summed E-state index contributed by atoms with van der Waals surface area (Å²) in [4.78, 5) is 12.5. The zero-order valence-electron chi connectivity index (χ0n) is 16.2. The van der Waals surface area contributed by atoms with Gasteiger partial charge < -0.3 is 10.1 Å². The molecule has 0 heterocycles. The maximum atomic E-state index is 12.5. The molecule has 0 bridgehead atoms. The van der Waals surface area contributed by atoms with Gasteiger partial charge in [0.1, 0.15) is 24.0 Å². The molecule has 4 nitrogen and oxygen atoms in total. The van der Waals surface area contributed by atoms with E-state index in [9.17, 15) is 10.1 Å². The summed E-state index contributed by atoms with van der Waals surface area (Å²) in [6.07, 6.45) is 1.53. The molecule has 0 saturated heterocycles. The highest BCUT2D eigenvalue weighted by Gasteiger charge is 2.13. The fraction of sp³-hybridized carbons (Fsp3) is 0.0833. The molecule has 0 atom stereocenters. The molecular formula is C24H18BrClN2O2. The normalized spacial score (nSPS) is 10.9. The lowest BCUT2D eigenvalue weighted by atomic mass is 10.1. The summed E-state index contributed by atoms with van der Waals surface area (Å²) < 4.78 is 6.79. The molecule has 0 aliphatic rings. The minimum atomic E-state index is -0.510. The molecule has 0 radical (unpaired) electrons. The molecule has 30 heavy (non-hydrogen) atoms.